The van der Waals surface area contributed by atoms with E-state index < -0.39 is 22.9 Å². The third kappa shape index (κ3) is 4.16. The van der Waals surface area contributed by atoms with E-state index in [4.69, 9.17) is 25.5 Å². The molecule has 1 heterocycles. The van der Waals surface area contributed by atoms with Gasteiger partial charge in [0.1, 0.15) is 22.7 Å². The number of rotatable bonds is 3. The Balaban J connectivity index is 2.23. The number of hydrogen-bond donors (Lipinski definition) is 0. The van der Waals surface area contributed by atoms with Gasteiger partial charge in [-0.2, -0.15) is 0 Å². The molecule has 3 rings (SSSR count). The molecule has 2 aromatic rings. The zero-order chi connectivity index (χ0) is 23.3. The number of allylic oxidation sites excluding steroid dienone is 2. The van der Waals surface area contributed by atoms with Crippen LogP contribution in [0.15, 0.2) is 56.0 Å². The number of benzene rings is 1. The Morgan fingerprint density at radius 1 is 1.16 bits per heavy atom. The monoisotopic (exact) mass is 444 g/mol. The van der Waals surface area contributed by atoms with Crippen LogP contribution in [-0.2, 0) is 14.3 Å². The number of ether oxygens (including phenoxy) is 2. The van der Waals surface area contributed by atoms with Gasteiger partial charge < -0.3 is 13.9 Å². The van der Waals surface area contributed by atoms with Crippen molar-refractivity contribution in [3.05, 3.63) is 67.8 Å². The Labute approximate surface area is 187 Å². The molecule has 0 amide bonds. The highest BCUT2D eigenvalue weighted by Gasteiger charge is 2.46. The Hall–Kier alpha value is -2.53. The highest BCUT2D eigenvalue weighted by atomic mass is 35.5. The van der Waals surface area contributed by atoms with Crippen LogP contribution in [0.25, 0.3) is 11.0 Å². The molecule has 6 heteroatoms. The van der Waals surface area contributed by atoms with Gasteiger partial charge in [-0.1, -0.05) is 31.0 Å². The van der Waals surface area contributed by atoms with E-state index in [1.807, 2.05) is 48.5 Å². The Bertz CT molecular complexity index is 1170. The Morgan fingerprint density at radius 3 is 2.39 bits per heavy atom. The van der Waals surface area contributed by atoms with Crippen LogP contribution in [0.4, 0.5) is 0 Å². The second-order valence-corrected chi connectivity index (χ2v) is 9.94. The first kappa shape index (κ1) is 23.1. The number of carbonyl (C=O) groups is 1. The van der Waals surface area contributed by atoms with Gasteiger partial charge in [-0.25, -0.2) is 4.79 Å². The van der Waals surface area contributed by atoms with Crippen LogP contribution in [0.5, 0.6) is 0 Å². The van der Waals surface area contributed by atoms with Gasteiger partial charge in [-0.3, -0.25) is 4.79 Å². The molecule has 0 spiro atoms. The van der Waals surface area contributed by atoms with Gasteiger partial charge >= 0.3 is 5.97 Å². The van der Waals surface area contributed by atoms with E-state index >= 15 is 0 Å². The standard InChI is InChI=1S/C25H29ClO5/c1-13-20(23(28)31-24(3,4)5)14(2)25(6,7)21(22(13)29-8)19-12-17(27)16-10-9-15(26)11-18(16)30-19/h9-12,21H,1-8H3. The lowest BCUT2D eigenvalue weighted by Crippen LogP contribution is -2.35. The number of fused-ring (bicyclic) bond motifs is 1. The van der Waals surface area contributed by atoms with Gasteiger partial charge in [-0.05, 0) is 46.8 Å². The smallest absolute Gasteiger partial charge is 0.339 e. The van der Waals surface area contributed by atoms with Gasteiger partial charge in [0.15, 0.2) is 5.43 Å². The van der Waals surface area contributed by atoms with Crippen LogP contribution in [0.3, 0.4) is 0 Å². The summed E-state index contributed by atoms with van der Waals surface area (Å²) < 4.78 is 17.6. The molecule has 0 fully saturated rings. The van der Waals surface area contributed by atoms with Gasteiger partial charge in [0.25, 0.3) is 0 Å². The maximum atomic E-state index is 13.0. The maximum Gasteiger partial charge on any atom is 0.339 e. The SMILES string of the molecule is COC1=C(C)C(C(=O)OC(C)(C)C)=C(C)C(C)(C)C1c1cc(=O)c2ccc(Cl)cc2o1. The van der Waals surface area contributed by atoms with Crippen LogP contribution in [0.1, 0.15) is 60.1 Å². The van der Waals surface area contributed by atoms with Crippen LogP contribution in [0, 0.1) is 5.41 Å². The molecule has 1 atom stereocenters. The minimum absolute atomic E-state index is 0.156. The fourth-order valence-electron chi connectivity index (χ4n) is 4.17. The molecule has 1 aliphatic carbocycles. The number of esters is 1. The summed E-state index contributed by atoms with van der Waals surface area (Å²) in [5.74, 6) is 0.236. The van der Waals surface area contributed by atoms with E-state index in [-0.39, 0.29) is 5.43 Å². The number of methoxy groups -OCH3 is 1. The van der Waals surface area contributed by atoms with Crippen molar-refractivity contribution < 1.29 is 18.7 Å². The molecule has 1 aromatic carbocycles. The van der Waals surface area contributed by atoms with Crippen molar-refractivity contribution in [2.75, 3.05) is 7.11 Å². The fraction of sp³-hybridized carbons (Fsp3) is 0.440. The third-order valence-corrected chi connectivity index (χ3v) is 6.12. The first-order chi connectivity index (χ1) is 14.3. The van der Waals surface area contributed by atoms with Crippen molar-refractivity contribution in [3.8, 4) is 0 Å². The number of carbonyl (C=O) groups excluding carboxylic acids is 1. The van der Waals surface area contributed by atoms with E-state index in [9.17, 15) is 9.59 Å². The minimum atomic E-state index is -0.622. The predicted octanol–water partition coefficient (Wildman–Crippen LogP) is 6.15. The second-order valence-electron chi connectivity index (χ2n) is 9.50. The summed E-state index contributed by atoms with van der Waals surface area (Å²) in [4.78, 5) is 25.8. The van der Waals surface area contributed by atoms with E-state index in [2.05, 4.69) is 0 Å². The number of halogens is 1. The van der Waals surface area contributed by atoms with Crippen molar-refractivity contribution in [1.82, 2.24) is 0 Å². The lowest BCUT2D eigenvalue weighted by atomic mass is 9.65. The zero-order valence-electron chi connectivity index (χ0n) is 19.3. The average Bonchev–Trinajstić information content (AvgIpc) is 2.62. The summed E-state index contributed by atoms with van der Waals surface area (Å²) in [6, 6.07) is 6.45. The first-order valence-electron chi connectivity index (χ1n) is 10.2. The molecule has 1 aromatic heterocycles. The maximum absolute atomic E-state index is 13.0. The van der Waals surface area contributed by atoms with E-state index in [0.29, 0.717) is 38.7 Å². The van der Waals surface area contributed by atoms with Crippen molar-refractivity contribution in [2.45, 2.75) is 60.0 Å². The van der Waals surface area contributed by atoms with Crippen LogP contribution < -0.4 is 5.43 Å². The van der Waals surface area contributed by atoms with Gasteiger partial charge in [0, 0.05) is 28.1 Å². The normalized spacial score (nSPS) is 19.1. The van der Waals surface area contributed by atoms with Crippen molar-refractivity contribution in [3.63, 3.8) is 0 Å². The molecule has 0 aliphatic heterocycles. The van der Waals surface area contributed by atoms with Crippen LogP contribution in [0.2, 0.25) is 5.02 Å². The number of hydrogen-bond acceptors (Lipinski definition) is 5. The second kappa shape index (κ2) is 7.86. The lowest BCUT2D eigenvalue weighted by Gasteiger charge is -2.41. The topological polar surface area (TPSA) is 65.7 Å². The first-order valence-corrected chi connectivity index (χ1v) is 10.6. The molecular formula is C25H29ClO5. The van der Waals surface area contributed by atoms with E-state index in [0.717, 1.165) is 5.57 Å². The van der Waals surface area contributed by atoms with Crippen molar-refractivity contribution >= 4 is 28.5 Å². The average molecular weight is 445 g/mol. The van der Waals surface area contributed by atoms with Crippen molar-refractivity contribution in [1.29, 1.82) is 0 Å². The molecular weight excluding hydrogens is 416 g/mol. The fourth-order valence-corrected chi connectivity index (χ4v) is 4.33. The molecule has 0 bridgehead atoms. The van der Waals surface area contributed by atoms with Gasteiger partial charge in [-0.15, -0.1) is 0 Å². The molecule has 5 nitrogen and oxygen atoms in total. The van der Waals surface area contributed by atoms with E-state index in [1.54, 1.807) is 25.3 Å². The minimum Gasteiger partial charge on any atom is -0.500 e. The summed E-state index contributed by atoms with van der Waals surface area (Å²) in [6.07, 6.45) is 0. The van der Waals surface area contributed by atoms with Gasteiger partial charge in [0.2, 0.25) is 0 Å². The molecule has 1 aliphatic rings. The molecule has 0 saturated heterocycles. The highest BCUT2D eigenvalue weighted by molar-refractivity contribution is 6.31. The summed E-state index contributed by atoms with van der Waals surface area (Å²) in [5.41, 5.74) is 1.07. The largest absolute Gasteiger partial charge is 0.500 e. The summed E-state index contributed by atoms with van der Waals surface area (Å²) in [5, 5.41) is 0.945. The van der Waals surface area contributed by atoms with E-state index in [1.165, 1.54) is 6.07 Å². The highest BCUT2D eigenvalue weighted by Crippen LogP contribution is 2.52. The van der Waals surface area contributed by atoms with Crippen LogP contribution in [-0.4, -0.2) is 18.7 Å². The molecule has 166 valence electrons. The summed E-state index contributed by atoms with van der Waals surface area (Å²) in [7, 11) is 1.56. The van der Waals surface area contributed by atoms with Gasteiger partial charge in [0.05, 0.1) is 24.0 Å². The van der Waals surface area contributed by atoms with Crippen molar-refractivity contribution in [2.24, 2.45) is 5.41 Å². The predicted molar refractivity (Wildman–Crippen MR) is 122 cm³/mol. The molecule has 31 heavy (non-hydrogen) atoms. The Kier molecular flexibility index (Phi) is 5.87. The summed E-state index contributed by atoms with van der Waals surface area (Å²) >= 11 is 6.12. The quantitative estimate of drug-likeness (QED) is 0.531. The molecule has 0 saturated carbocycles. The molecule has 1 unspecified atom stereocenters. The lowest BCUT2D eigenvalue weighted by molar-refractivity contribution is -0.149. The molecule has 0 radical (unpaired) electrons. The summed E-state index contributed by atoms with van der Waals surface area (Å²) in [6.45, 7) is 13.3. The third-order valence-electron chi connectivity index (χ3n) is 5.89. The van der Waals surface area contributed by atoms with Crippen LogP contribution >= 0.6 is 11.6 Å². The Morgan fingerprint density at radius 2 is 1.81 bits per heavy atom. The molecule has 0 N–H and O–H groups in total. The zero-order valence-corrected chi connectivity index (χ0v) is 20.1.